The summed E-state index contributed by atoms with van der Waals surface area (Å²) in [6.07, 6.45) is 9.25. The average molecular weight is 443 g/mol. The molecule has 0 aromatic heterocycles. The van der Waals surface area contributed by atoms with Gasteiger partial charge in [0.1, 0.15) is 0 Å². The number of likely N-dealkylation sites (tertiary alicyclic amines) is 1. The van der Waals surface area contributed by atoms with Crippen LogP contribution in [0.4, 0.5) is 0 Å². The number of carbonyl (C=O) groups is 1. The van der Waals surface area contributed by atoms with Crippen molar-refractivity contribution in [2.24, 2.45) is 0 Å². The van der Waals surface area contributed by atoms with E-state index in [0.717, 1.165) is 22.9 Å². The van der Waals surface area contributed by atoms with Crippen molar-refractivity contribution >= 4 is 45.4 Å². The van der Waals surface area contributed by atoms with Crippen LogP contribution in [-0.4, -0.2) is 64.5 Å². The number of halogens is 1. The van der Waals surface area contributed by atoms with Crippen LogP contribution >= 0.6 is 39.5 Å². The van der Waals surface area contributed by atoms with Gasteiger partial charge < -0.3 is 4.90 Å². The van der Waals surface area contributed by atoms with E-state index in [4.69, 9.17) is 0 Å². The SMILES string of the molecule is CSC1(SC)CC(N2CCCC2)C(N(C)C(=O)c2ccc(Br)cc2)C1. The smallest absolute Gasteiger partial charge is 0.253 e. The first-order valence-electron chi connectivity index (χ1n) is 8.87. The highest BCUT2D eigenvalue weighted by molar-refractivity contribution is 9.10. The van der Waals surface area contributed by atoms with Crippen molar-refractivity contribution in [1.29, 1.82) is 0 Å². The first-order chi connectivity index (χ1) is 12.0. The Morgan fingerprint density at radius 1 is 1.16 bits per heavy atom. The van der Waals surface area contributed by atoms with E-state index in [9.17, 15) is 4.79 Å². The molecule has 1 aliphatic carbocycles. The van der Waals surface area contributed by atoms with Gasteiger partial charge in [-0.1, -0.05) is 15.9 Å². The molecule has 1 amide bonds. The molecular formula is C19H27BrN2OS2. The van der Waals surface area contributed by atoms with Gasteiger partial charge in [-0.15, -0.1) is 23.5 Å². The third-order valence-corrected chi connectivity index (χ3v) is 9.43. The monoisotopic (exact) mass is 442 g/mol. The largest absolute Gasteiger partial charge is 0.337 e. The van der Waals surface area contributed by atoms with Crippen LogP contribution < -0.4 is 0 Å². The molecule has 1 aliphatic heterocycles. The number of likely N-dealkylation sites (N-methyl/N-ethyl adjacent to an activating group) is 1. The van der Waals surface area contributed by atoms with Crippen LogP contribution in [0.2, 0.25) is 0 Å². The van der Waals surface area contributed by atoms with Crippen molar-refractivity contribution in [2.45, 2.75) is 41.8 Å². The van der Waals surface area contributed by atoms with Crippen LogP contribution in [0.15, 0.2) is 28.7 Å². The molecular weight excluding hydrogens is 416 g/mol. The van der Waals surface area contributed by atoms with Gasteiger partial charge in [0, 0.05) is 29.2 Å². The topological polar surface area (TPSA) is 23.6 Å². The van der Waals surface area contributed by atoms with E-state index in [0.29, 0.717) is 6.04 Å². The molecule has 138 valence electrons. The lowest BCUT2D eigenvalue weighted by atomic mass is 10.1. The summed E-state index contributed by atoms with van der Waals surface area (Å²) in [5.74, 6) is 0.139. The van der Waals surface area contributed by atoms with E-state index in [1.165, 1.54) is 25.9 Å². The predicted molar refractivity (Wildman–Crippen MR) is 114 cm³/mol. The zero-order valence-corrected chi connectivity index (χ0v) is 18.4. The van der Waals surface area contributed by atoms with Crippen molar-refractivity contribution in [2.75, 3.05) is 32.6 Å². The second-order valence-corrected chi connectivity index (χ2v) is 10.6. The van der Waals surface area contributed by atoms with Crippen LogP contribution in [0.5, 0.6) is 0 Å². The fraction of sp³-hybridized carbons (Fsp3) is 0.632. The van der Waals surface area contributed by atoms with Gasteiger partial charge >= 0.3 is 0 Å². The van der Waals surface area contributed by atoms with E-state index in [1.807, 2.05) is 59.7 Å². The molecule has 0 radical (unpaired) electrons. The summed E-state index contributed by atoms with van der Waals surface area (Å²) >= 11 is 7.38. The summed E-state index contributed by atoms with van der Waals surface area (Å²) in [6, 6.07) is 8.49. The zero-order chi connectivity index (χ0) is 18.0. The van der Waals surface area contributed by atoms with Gasteiger partial charge in [0.15, 0.2) is 0 Å². The summed E-state index contributed by atoms with van der Waals surface area (Å²) in [7, 11) is 1.99. The first-order valence-corrected chi connectivity index (χ1v) is 12.1. The number of hydrogen-bond donors (Lipinski definition) is 0. The summed E-state index contributed by atoms with van der Waals surface area (Å²) in [4.78, 5) is 17.7. The number of nitrogens with zero attached hydrogens (tertiary/aromatic N) is 2. The van der Waals surface area contributed by atoms with Gasteiger partial charge in [0.25, 0.3) is 5.91 Å². The Labute approximate surface area is 168 Å². The van der Waals surface area contributed by atoms with Crippen LogP contribution in [0.1, 0.15) is 36.0 Å². The number of thioether (sulfide) groups is 2. The molecule has 25 heavy (non-hydrogen) atoms. The molecule has 2 fully saturated rings. The molecule has 1 aromatic rings. The van der Waals surface area contributed by atoms with Crippen molar-refractivity contribution < 1.29 is 4.79 Å². The highest BCUT2D eigenvalue weighted by Gasteiger charge is 2.49. The van der Waals surface area contributed by atoms with Crippen molar-refractivity contribution in [1.82, 2.24) is 9.80 Å². The van der Waals surface area contributed by atoms with E-state index < -0.39 is 0 Å². The van der Waals surface area contributed by atoms with Gasteiger partial charge in [0.05, 0.1) is 4.08 Å². The lowest BCUT2D eigenvalue weighted by Gasteiger charge is -2.35. The minimum Gasteiger partial charge on any atom is -0.337 e. The minimum absolute atomic E-state index is 0.139. The van der Waals surface area contributed by atoms with E-state index in [1.54, 1.807) is 0 Å². The molecule has 6 heteroatoms. The molecule has 3 rings (SSSR count). The summed E-state index contributed by atoms with van der Waals surface area (Å²) in [5.41, 5.74) is 0.775. The standard InChI is InChI=1S/C19H27BrN2OS2/c1-21(18(23)14-6-8-15(20)9-7-14)16-12-19(24-2,25-3)13-17(16)22-10-4-5-11-22/h6-9,16-17H,4-5,10-13H2,1-3H3. The lowest BCUT2D eigenvalue weighted by Crippen LogP contribution is -2.48. The molecule has 2 atom stereocenters. The summed E-state index contributed by atoms with van der Waals surface area (Å²) in [6.45, 7) is 2.36. The van der Waals surface area contributed by atoms with Crippen LogP contribution in [0, 0.1) is 0 Å². The third kappa shape index (κ3) is 4.07. The van der Waals surface area contributed by atoms with Crippen molar-refractivity contribution in [3.05, 3.63) is 34.3 Å². The van der Waals surface area contributed by atoms with Gasteiger partial charge in [-0.3, -0.25) is 9.69 Å². The molecule has 1 saturated carbocycles. The summed E-state index contributed by atoms with van der Waals surface area (Å²) in [5, 5.41) is 0. The maximum absolute atomic E-state index is 13.1. The fourth-order valence-corrected chi connectivity index (χ4v) is 6.48. The minimum atomic E-state index is 0.139. The lowest BCUT2D eigenvalue weighted by molar-refractivity contribution is 0.0646. The van der Waals surface area contributed by atoms with Crippen molar-refractivity contribution in [3.8, 4) is 0 Å². The number of benzene rings is 1. The quantitative estimate of drug-likeness (QED) is 0.622. The highest BCUT2D eigenvalue weighted by Crippen LogP contribution is 2.50. The second kappa shape index (κ2) is 8.24. The van der Waals surface area contributed by atoms with Gasteiger partial charge in [-0.2, -0.15) is 0 Å². The maximum atomic E-state index is 13.1. The Morgan fingerprint density at radius 2 is 1.76 bits per heavy atom. The van der Waals surface area contributed by atoms with Crippen LogP contribution in [-0.2, 0) is 0 Å². The van der Waals surface area contributed by atoms with Gasteiger partial charge in [0.2, 0.25) is 0 Å². The molecule has 1 heterocycles. The molecule has 1 saturated heterocycles. The Balaban J connectivity index is 1.83. The van der Waals surface area contributed by atoms with Gasteiger partial charge in [-0.05, 0) is 75.5 Å². The van der Waals surface area contributed by atoms with Crippen molar-refractivity contribution in [3.63, 3.8) is 0 Å². The maximum Gasteiger partial charge on any atom is 0.253 e. The van der Waals surface area contributed by atoms with E-state index in [-0.39, 0.29) is 16.0 Å². The average Bonchev–Trinajstić information content (AvgIpc) is 3.29. The first kappa shape index (κ1) is 19.6. The predicted octanol–water partition coefficient (Wildman–Crippen LogP) is 4.57. The van der Waals surface area contributed by atoms with E-state index in [2.05, 4.69) is 33.3 Å². The summed E-state index contributed by atoms with van der Waals surface area (Å²) < 4.78 is 1.23. The molecule has 2 aliphatic rings. The fourth-order valence-electron chi connectivity index (χ4n) is 4.20. The number of carbonyl (C=O) groups excluding carboxylic acids is 1. The van der Waals surface area contributed by atoms with Gasteiger partial charge in [-0.25, -0.2) is 0 Å². The molecule has 0 N–H and O–H groups in total. The van der Waals surface area contributed by atoms with E-state index >= 15 is 0 Å². The normalized spacial score (nSPS) is 26.1. The number of hydrogen-bond acceptors (Lipinski definition) is 4. The number of rotatable bonds is 5. The zero-order valence-electron chi connectivity index (χ0n) is 15.2. The molecule has 2 unspecified atom stereocenters. The number of amides is 1. The Bertz CT molecular complexity index is 600. The molecule has 0 spiro atoms. The third-order valence-electron chi connectivity index (χ3n) is 5.75. The Hall–Kier alpha value is -0.170. The Morgan fingerprint density at radius 3 is 2.32 bits per heavy atom. The molecule has 0 bridgehead atoms. The second-order valence-electron chi connectivity index (χ2n) is 7.03. The van der Waals surface area contributed by atoms with Crippen LogP contribution in [0.3, 0.4) is 0 Å². The highest BCUT2D eigenvalue weighted by atomic mass is 79.9. The molecule has 1 aromatic carbocycles. The Kier molecular flexibility index (Phi) is 6.45. The van der Waals surface area contributed by atoms with Crippen LogP contribution in [0.25, 0.3) is 0 Å². The molecule has 3 nitrogen and oxygen atoms in total.